The largest absolute Gasteiger partial charge is 0.0651 e. The zero-order valence-electron chi connectivity index (χ0n) is 50.6. The Labute approximate surface area is 424 Å². The van der Waals surface area contributed by atoms with Crippen LogP contribution in [0.5, 0.6) is 0 Å². The van der Waals surface area contributed by atoms with Gasteiger partial charge in [0.15, 0.2) is 0 Å². The van der Waals surface area contributed by atoms with Gasteiger partial charge in [0, 0.05) is 0 Å². The minimum absolute atomic E-state index is 0.777. The highest BCUT2D eigenvalue weighted by Crippen LogP contribution is 2.60. The predicted molar refractivity (Wildman–Crippen MR) is 299 cm³/mol. The van der Waals surface area contributed by atoms with E-state index >= 15 is 0 Å². The quantitative estimate of drug-likeness (QED) is 0.154. The predicted octanol–water partition coefficient (Wildman–Crippen LogP) is 20.3. The maximum absolute atomic E-state index is 2.86. The molecule has 5 aliphatic rings. The van der Waals surface area contributed by atoms with Crippen molar-refractivity contribution < 1.29 is 0 Å². The second kappa shape index (κ2) is 23.5. The first-order chi connectivity index (χ1) is 31.1. The Bertz CT molecular complexity index is 1420. The Morgan fingerprint density at radius 2 is 0.463 bits per heavy atom. The highest BCUT2D eigenvalue weighted by Gasteiger charge is 2.53. The van der Waals surface area contributed by atoms with Gasteiger partial charge in [-0.25, -0.2) is 0 Å². The van der Waals surface area contributed by atoms with Crippen LogP contribution in [-0.4, -0.2) is 0 Å². The van der Waals surface area contributed by atoms with Crippen LogP contribution in [0, 0.1) is 201 Å². The summed E-state index contributed by atoms with van der Waals surface area (Å²) in [7, 11) is 0. The summed E-state index contributed by atoms with van der Waals surface area (Å²) in [6.07, 6.45) is 10.1. The van der Waals surface area contributed by atoms with Crippen LogP contribution < -0.4 is 0 Å². The molecule has 0 radical (unpaired) electrons. The third-order valence-electron chi connectivity index (χ3n) is 27.3. The van der Waals surface area contributed by atoms with Gasteiger partial charge >= 0.3 is 0 Å². The van der Waals surface area contributed by atoms with Crippen molar-refractivity contribution in [2.24, 2.45) is 201 Å². The SMILES string of the molecule is CCC1C(C)C(C(CC(C)C2C(C)C(C)CC(C)C2C)CC(C)C2C(C)C(C)C(C)C(C)C2C)C(C)C(C)C1C(CC(C)C1C(C)C(C)CC(C)C1C)CC(C)C1C(C)C(C)C(C)C(C)C1C. The molecule has 0 spiro atoms. The minimum atomic E-state index is 0.777. The van der Waals surface area contributed by atoms with E-state index in [2.05, 4.69) is 180 Å². The molecular formula is C67H126. The summed E-state index contributed by atoms with van der Waals surface area (Å²) in [6.45, 7) is 69.7. The summed E-state index contributed by atoms with van der Waals surface area (Å²) >= 11 is 0. The molecule has 0 amide bonds. The van der Waals surface area contributed by atoms with Crippen molar-refractivity contribution in [2.75, 3.05) is 0 Å². The van der Waals surface area contributed by atoms with Crippen molar-refractivity contribution >= 4 is 0 Å². The summed E-state index contributed by atoms with van der Waals surface area (Å²) in [4.78, 5) is 0. The fourth-order valence-electron chi connectivity index (χ4n) is 21.7. The third kappa shape index (κ3) is 11.4. The average Bonchev–Trinajstić information content (AvgIpc) is 3.26. The maximum atomic E-state index is 2.86. The van der Waals surface area contributed by atoms with Crippen molar-refractivity contribution in [1.29, 1.82) is 0 Å². The van der Waals surface area contributed by atoms with E-state index in [-0.39, 0.29) is 0 Å². The molecule has 5 saturated carbocycles. The lowest BCUT2D eigenvalue weighted by molar-refractivity contribution is -0.0864. The second-order valence-corrected chi connectivity index (χ2v) is 29.9. The smallest absolute Gasteiger partial charge is 0.0326 e. The molecule has 0 N–H and O–H groups in total. The van der Waals surface area contributed by atoms with Crippen LogP contribution in [-0.2, 0) is 0 Å². The molecule has 67 heavy (non-hydrogen) atoms. The summed E-state index contributed by atoms with van der Waals surface area (Å²) in [5.41, 5.74) is 0. The van der Waals surface area contributed by atoms with Crippen LogP contribution in [0.4, 0.5) is 0 Å². The van der Waals surface area contributed by atoms with Crippen LogP contribution in [0.3, 0.4) is 0 Å². The van der Waals surface area contributed by atoms with Crippen molar-refractivity contribution in [3.05, 3.63) is 0 Å². The normalized spacial score (nSPS) is 52.7. The van der Waals surface area contributed by atoms with Crippen LogP contribution in [0.25, 0.3) is 0 Å². The Morgan fingerprint density at radius 1 is 0.254 bits per heavy atom. The van der Waals surface area contributed by atoms with E-state index < -0.39 is 0 Å². The van der Waals surface area contributed by atoms with Crippen LogP contribution in [0.1, 0.15) is 225 Å². The van der Waals surface area contributed by atoms with Gasteiger partial charge in [0.2, 0.25) is 0 Å². The minimum Gasteiger partial charge on any atom is -0.0651 e. The van der Waals surface area contributed by atoms with Crippen LogP contribution >= 0.6 is 0 Å². The van der Waals surface area contributed by atoms with Crippen molar-refractivity contribution in [1.82, 2.24) is 0 Å². The molecule has 0 heteroatoms. The van der Waals surface area contributed by atoms with E-state index in [1.54, 1.807) is 0 Å². The molecule has 0 saturated heterocycles. The van der Waals surface area contributed by atoms with Crippen molar-refractivity contribution in [2.45, 2.75) is 225 Å². The molecule has 0 aromatic carbocycles. The molecule has 394 valence electrons. The first-order valence-electron chi connectivity index (χ1n) is 31.1. The zero-order chi connectivity index (χ0) is 50.6. The lowest BCUT2D eigenvalue weighted by Crippen LogP contribution is -2.51. The third-order valence-corrected chi connectivity index (χ3v) is 27.3. The number of rotatable bonds is 15. The van der Waals surface area contributed by atoms with Gasteiger partial charge in [-0.3, -0.25) is 0 Å². The summed E-state index contributed by atoms with van der Waals surface area (Å²) < 4.78 is 0. The summed E-state index contributed by atoms with van der Waals surface area (Å²) in [5.74, 6) is 28.0. The maximum Gasteiger partial charge on any atom is -0.0326 e. The molecule has 5 fully saturated rings. The first kappa shape index (κ1) is 57.9. The number of hydrogen-bond donors (Lipinski definition) is 0. The van der Waals surface area contributed by atoms with E-state index in [0.717, 1.165) is 201 Å². The Morgan fingerprint density at radius 3 is 0.731 bits per heavy atom. The molecule has 28 atom stereocenters. The fraction of sp³-hybridized carbons (Fsp3) is 1.00. The van der Waals surface area contributed by atoms with E-state index in [1.807, 2.05) is 0 Å². The highest BCUT2D eigenvalue weighted by atomic mass is 14.6. The highest BCUT2D eigenvalue weighted by molar-refractivity contribution is 5.02. The molecule has 0 aliphatic heterocycles. The Kier molecular flexibility index (Phi) is 20.3. The van der Waals surface area contributed by atoms with Gasteiger partial charge in [0.1, 0.15) is 0 Å². The summed E-state index contributed by atoms with van der Waals surface area (Å²) in [6, 6.07) is 0. The van der Waals surface area contributed by atoms with Gasteiger partial charge in [0.25, 0.3) is 0 Å². The molecular weight excluding hydrogens is 805 g/mol. The molecule has 0 aromatic heterocycles. The van der Waals surface area contributed by atoms with Crippen LogP contribution in [0.2, 0.25) is 0 Å². The average molecular weight is 932 g/mol. The molecule has 0 heterocycles. The van der Waals surface area contributed by atoms with E-state index in [9.17, 15) is 0 Å². The van der Waals surface area contributed by atoms with Crippen molar-refractivity contribution in [3.8, 4) is 0 Å². The van der Waals surface area contributed by atoms with Crippen molar-refractivity contribution in [3.63, 3.8) is 0 Å². The van der Waals surface area contributed by atoms with Crippen LogP contribution in [0.15, 0.2) is 0 Å². The Hall–Kier alpha value is 0. The molecule has 28 unspecified atom stereocenters. The van der Waals surface area contributed by atoms with Gasteiger partial charge in [0.05, 0.1) is 0 Å². The van der Waals surface area contributed by atoms with Gasteiger partial charge in [-0.05, 0) is 240 Å². The first-order valence-corrected chi connectivity index (χ1v) is 31.1. The van der Waals surface area contributed by atoms with Gasteiger partial charge < -0.3 is 0 Å². The second-order valence-electron chi connectivity index (χ2n) is 29.9. The lowest BCUT2D eigenvalue weighted by Gasteiger charge is -2.57. The summed E-state index contributed by atoms with van der Waals surface area (Å²) in [5, 5.41) is 0. The topological polar surface area (TPSA) is 0 Å². The van der Waals surface area contributed by atoms with Gasteiger partial charge in [-0.1, -0.05) is 186 Å². The zero-order valence-corrected chi connectivity index (χ0v) is 50.6. The molecule has 0 nitrogen and oxygen atoms in total. The fourth-order valence-corrected chi connectivity index (χ4v) is 21.7. The molecule has 0 bridgehead atoms. The molecule has 5 rings (SSSR count). The molecule has 0 aromatic rings. The molecule has 5 aliphatic carbocycles. The van der Waals surface area contributed by atoms with Gasteiger partial charge in [-0.15, -0.1) is 0 Å². The standard InChI is InChI=1S/C67H126/c1-27-61-58(26)66(59(30-38(6)62-42(10)34(2)28-35(3)43(62)11)31-40(8)64-52(20)48(16)46(14)49(17)53(64)21)56(24)57(25)67(61)60(32-39(7)63-44(12)36(4)29-37(5)45(63)13)33-41(9)65-54(22)50(18)47(15)51(19)55(65)23/h34-67H,27-33H2,1-26H3. The monoisotopic (exact) mass is 931 g/mol. The Balaban J connectivity index is 1.55. The lowest BCUT2D eigenvalue weighted by atomic mass is 9.48. The van der Waals surface area contributed by atoms with E-state index in [4.69, 9.17) is 0 Å². The van der Waals surface area contributed by atoms with E-state index in [0.29, 0.717) is 0 Å². The van der Waals surface area contributed by atoms with Gasteiger partial charge in [-0.2, -0.15) is 0 Å². The number of hydrogen-bond acceptors (Lipinski definition) is 0. The van der Waals surface area contributed by atoms with E-state index in [1.165, 1.54) is 44.9 Å².